The minimum atomic E-state index is -0.688. The number of hydrogen-bond acceptors (Lipinski definition) is 3. The first kappa shape index (κ1) is 30.4. The fraction of sp³-hybridized carbons (Fsp3) is 0.304. The Morgan fingerprint density at radius 3 is 2.22 bits per heavy atom. The molecule has 0 heterocycles. The van der Waals surface area contributed by atoms with E-state index in [1.165, 1.54) is 6.42 Å². The van der Waals surface area contributed by atoms with Crippen molar-refractivity contribution in [1.29, 1.82) is 0 Å². The molecule has 0 bridgehead atoms. The Labute approximate surface area is 206 Å². The van der Waals surface area contributed by atoms with Gasteiger partial charge in [-0.15, -0.1) is 0 Å². The molecule has 0 aliphatic rings. The smallest absolute Gasteiger partial charge is 0.117 e. The summed E-state index contributed by atoms with van der Waals surface area (Å²) >= 11 is 0. The van der Waals surface area contributed by atoms with Crippen LogP contribution in [0, 0.1) is 0 Å². The largest absolute Gasteiger partial charge is 0.358 e. The summed E-state index contributed by atoms with van der Waals surface area (Å²) in [5.41, 5.74) is 1.10. The summed E-state index contributed by atoms with van der Waals surface area (Å²) in [4.78, 5) is 0. The molecule has 0 aliphatic carbocycles. The van der Waals surface area contributed by atoms with Crippen molar-refractivity contribution in [2.45, 2.75) is 44.5 Å². The molecule has 1 aromatic carbocycles. The topological polar surface area (TPSA) is 27.7 Å². The molecule has 176 valence electrons. The maximum atomic E-state index is 6.14. The van der Waals surface area contributed by atoms with Crippen molar-refractivity contribution in [3.8, 4) is 0 Å². The van der Waals surface area contributed by atoms with Gasteiger partial charge in [0.25, 0.3) is 0 Å². The van der Waals surface area contributed by atoms with Crippen LogP contribution in [0.15, 0.2) is 91.1 Å². The third kappa shape index (κ3) is 14.6. The molecular formula is C23H36O3P6. The van der Waals surface area contributed by atoms with Gasteiger partial charge in [0.15, 0.2) is 0 Å². The lowest BCUT2D eigenvalue weighted by Gasteiger charge is -2.26. The van der Waals surface area contributed by atoms with Crippen LogP contribution in [0.4, 0.5) is 0 Å². The summed E-state index contributed by atoms with van der Waals surface area (Å²) < 4.78 is 17.6. The average Bonchev–Trinajstić information content (AvgIpc) is 2.80. The van der Waals surface area contributed by atoms with Crippen LogP contribution >= 0.6 is 52.3 Å². The fourth-order valence-electron chi connectivity index (χ4n) is 2.69. The molecule has 0 spiro atoms. The van der Waals surface area contributed by atoms with E-state index in [9.17, 15) is 0 Å². The van der Waals surface area contributed by atoms with Gasteiger partial charge in [-0.1, -0.05) is 131 Å². The molecule has 0 saturated heterocycles. The van der Waals surface area contributed by atoms with E-state index in [2.05, 4.69) is 73.5 Å². The zero-order valence-electron chi connectivity index (χ0n) is 18.5. The van der Waals surface area contributed by atoms with Crippen molar-refractivity contribution >= 4 is 52.3 Å². The lowest BCUT2D eigenvalue weighted by Crippen LogP contribution is -2.18. The Bertz CT molecular complexity index is 735. The molecule has 1 rings (SSSR count). The molecule has 0 radical (unpaired) electrons. The van der Waals surface area contributed by atoms with Gasteiger partial charge in [0.05, 0.1) is 13.6 Å². The SMILES string of the molecule is CCC/C=C\CC(/C=C/C=C\C=C\C=C\C(OP(P)P)C(OPP)c1ccccc1)OP. The van der Waals surface area contributed by atoms with Crippen molar-refractivity contribution in [1.82, 2.24) is 0 Å². The predicted molar refractivity (Wildman–Crippen MR) is 159 cm³/mol. The van der Waals surface area contributed by atoms with Crippen LogP contribution in [0.2, 0.25) is 0 Å². The van der Waals surface area contributed by atoms with E-state index in [0.29, 0.717) is 8.50 Å². The summed E-state index contributed by atoms with van der Waals surface area (Å²) in [5, 5.41) is 0. The van der Waals surface area contributed by atoms with Crippen LogP contribution in [0.25, 0.3) is 0 Å². The summed E-state index contributed by atoms with van der Waals surface area (Å²) in [5.74, 6) is 0. The molecule has 3 nitrogen and oxygen atoms in total. The van der Waals surface area contributed by atoms with Crippen molar-refractivity contribution in [3.05, 3.63) is 96.7 Å². The molecule has 8 unspecified atom stereocenters. The van der Waals surface area contributed by atoms with E-state index < -0.39 is 7.53 Å². The average molecular weight is 546 g/mol. The van der Waals surface area contributed by atoms with Gasteiger partial charge in [-0.3, -0.25) is 0 Å². The zero-order chi connectivity index (χ0) is 23.4. The third-order valence-corrected chi connectivity index (χ3v) is 6.58. The number of unbranched alkanes of at least 4 members (excludes halogenated alkanes) is 1. The molecule has 9 heteroatoms. The second kappa shape index (κ2) is 20.7. The van der Waals surface area contributed by atoms with Crippen LogP contribution in [0.1, 0.15) is 37.9 Å². The highest BCUT2D eigenvalue weighted by Gasteiger charge is 2.23. The van der Waals surface area contributed by atoms with Gasteiger partial charge >= 0.3 is 0 Å². The summed E-state index contributed by atoms with van der Waals surface area (Å²) in [6.45, 7) is 2.18. The van der Waals surface area contributed by atoms with Crippen LogP contribution < -0.4 is 0 Å². The fourth-order valence-corrected chi connectivity index (χ4v) is 5.05. The first-order valence-electron chi connectivity index (χ1n) is 10.4. The van der Waals surface area contributed by atoms with Gasteiger partial charge < -0.3 is 13.6 Å². The van der Waals surface area contributed by atoms with Crippen molar-refractivity contribution in [2.24, 2.45) is 0 Å². The molecule has 0 N–H and O–H groups in total. The minimum Gasteiger partial charge on any atom is -0.358 e. The van der Waals surface area contributed by atoms with Crippen molar-refractivity contribution in [3.63, 3.8) is 0 Å². The Morgan fingerprint density at radius 1 is 0.969 bits per heavy atom. The Morgan fingerprint density at radius 2 is 1.62 bits per heavy atom. The van der Waals surface area contributed by atoms with E-state index in [1.54, 1.807) is 0 Å². The van der Waals surface area contributed by atoms with E-state index in [-0.39, 0.29) is 18.3 Å². The van der Waals surface area contributed by atoms with Crippen LogP contribution in [0.5, 0.6) is 0 Å². The summed E-state index contributed by atoms with van der Waals surface area (Å²) in [6.07, 6.45) is 23.4. The summed E-state index contributed by atoms with van der Waals surface area (Å²) in [7, 11) is 10.0. The Hall–Kier alpha value is 0.380. The van der Waals surface area contributed by atoms with Crippen LogP contribution in [0.3, 0.4) is 0 Å². The second-order valence-corrected chi connectivity index (χ2v) is 13.9. The van der Waals surface area contributed by atoms with Crippen LogP contribution in [-0.2, 0) is 13.6 Å². The van der Waals surface area contributed by atoms with E-state index in [1.807, 2.05) is 60.7 Å². The number of benzene rings is 1. The van der Waals surface area contributed by atoms with E-state index in [4.69, 9.17) is 13.6 Å². The lowest BCUT2D eigenvalue weighted by atomic mass is 10.0. The molecule has 1 aromatic rings. The standard InChI is InChI=1S/C23H36O3P6/c1-2-3-4-12-17-21(24-27)18-13-7-5-6-8-14-19-22(26-32(29)30)23(25-31-28)20-15-10-9-11-16-20/h4-16,18-19,21-23,31H,2-3,17,27-30H2,1H3/b7-5-,8-6+,12-4-,18-13+,19-14+. The van der Waals surface area contributed by atoms with Gasteiger partial charge in [0, 0.05) is 18.0 Å². The molecule has 0 aliphatic heterocycles. The maximum Gasteiger partial charge on any atom is 0.117 e. The first-order chi connectivity index (χ1) is 15.6. The van der Waals surface area contributed by atoms with E-state index >= 15 is 0 Å². The molecule has 0 aromatic heterocycles. The molecule has 8 atom stereocenters. The highest BCUT2D eigenvalue weighted by molar-refractivity contribution is 8.41. The monoisotopic (exact) mass is 546 g/mol. The molecule has 32 heavy (non-hydrogen) atoms. The normalized spacial score (nSPS) is 16.2. The predicted octanol–water partition coefficient (Wildman–Crippen LogP) is 8.64. The second-order valence-electron chi connectivity index (χ2n) is 6.71. The van der Waals surface area contributed by atoms with Gasteiger partial charge in [0.1, 0.15) is 12.2 Å². The quantitative estimate of drug-likeness (QED) is 0.118. The zero-order valence-corrected chi connectivity index (χ0v) is 25.0. The molecular weight excluding hydrogens is 510 g/mol. The van der Waals surface area contributed by atoms with Gasteiger partial charge in [-0.25, -0.2) is 0 Å². The number of rotatable bonds is 16. The highest BCUT2D eigenvalue weighted by atomic mass is 32.4. The number of hydrogen-bond donors (Lipinski definition) is 0. The Kier molecular flexibility index (Phi) is 19.7. The van der Waals surface area contributed by atoms with Gasteiger partial charge in [-0.05, 0) is 18.4 Å². The van der Waals surface area contributed by atoms with Crippen LogP contribution in [-0.4, -0.2) is 12.2 Å². The first-order valence-corrected chi connectivity index (χ1v) is 18.1. The van der Waals surface area contributed by atoms with Gasteiger partial charge in [0.2, 0.25) is 0 Å². The minimum absolute atomic E-state index is 0.0700. The lowest BCUT2D eigenvalue weighted by molar-refractivity contribution is 0.112. The number of allylic oxidation sites excluding steroid dienone is 7. The molecule has 0 fully saturated rings. The maximum absolute atomic E-state index is 6.14. The Balaban J connectivity index is 2.67. The van der Waals surface area contributed by atoms with Gasteiger partial charge in [-0.2, -0.15) is 0 Å². The van der Waals surface area contributed by atoms with E-state index in [0.717, 1.165) is 18.4 Å². The molecule has 0 saturated carbocycles. The highest BCUT2D eigenvalue weighted by Crippen LogP contribution is 2.56. The summed E-state index contributed by atoms with van der Waals surface area (Å²) in [6, 6.07) is 10.2. The van der Waals surface area contributed by atoms with Crippen molar-refractivity contribution < 1.29 is 13.6 Å². The third-order valence-electron chi connectivity index (χ3n) is 4.21. The molecule has 0 amide bonds. The van der Waals surface area contributed by atoms with Crippen molar-refractivity contribution in [2.75, 3.05) is 0 Å².